The zero-order chi connectivity index (χ0) is 20.6. The summed E-state index contributed by atoms with van der Waals surface area (Å²) >= 11 is 0. The molecule has 0 aliphatic carbocycles. The van der Waals surface area contributed by atoms with Crippen molar-refractivity contribution in [2.45, 2.75) is 38.6 Å². The molecule has 2 aliphatic heterocycles. The third kappa shape index (κ3) is 3.39. The van der Waals surface area contributed by atoms with Crippen LogP contribution < -0.4 is 10.1 Å². The Bertz CT molecular complexity index is 983. The maximum atomic E-state index is 13.1. The SMILES string of the molecule is CCCc1ccc(C2(C)NC(=O)N(CC(=O)c3ccc4c(c3)CCO4)C2=O)cc1. The van der Waals surface area contributed by atoms with Crippen molar-refractivity contribution < 1.29 is 19.1 Å². The first kappa shape index (κ1) is 19.2. The summed E-state index contributed by atoms with van der Waals surface area (Å²) in [5, 5.41) is 2.76. The van der Waals surface area contributed by atoms with Crippen LogP contribution in [0.1, 0.15) is 47.3 Å². The molecule has 1 atom stereocenters. The summed E-state index contributed by atoms with van der Waals surface area (Å²) in [5.74, 6) is 0.102. The molecule has 150 valence electrons. The minimum Gasteiger partial charge on any atom is -0.493 e. The molecule has 1 N–H and O–H groups in total. The highest BCUT2D eigenvalue weighted by molar-refractivity contribution is 6.11. The van der Waals surface area contributed by atoms with Gasteiger partial charge in [-0.2, -0.15) is 0 Å². The first-order valence-electron chi connectivity index (χ1n) is 9.95. The van der Waals surface area contributed by atoms with Gasteiger partial charge < -0.3 is 10.1 Å². The monoisotopic (exact) mass is 392 g/mol. The van der Waals surface area contributed by atoms with Crippen molar-refractivity contribution in [2.24, 2.45) is 0 Å². The molecule has 4 rings (SSSR count). The van der Waals surface area contributed by atoms with Crippen LogP contribution in [0.3, 0.4) is 0 Å². The van der Waals surface area contributed by atoms with Crippen LogP contribution in [0.4, 0.5) is 4.79 Å². The third-order valence-corrected chi connectivity index (χ3v) is 5.66. The lowest BCUT2D eigenvalue weighted by atomic mass is 9.91. The number of fused-ring (bicyclic) bond motifs is 1. The number of ketones is 1. The number of benzene rings is 2. The third-order valence-electron chi connectivity index (χ3n) is 5.66. The van der Waals surface area contributed by atoms with E-state index >= 15 is 0 Å². The van der Waals surface area contributed by atoms with Gasteiger partial charge in [-0.3, -0.25) is 14.5 Å². The summed E-state index contributed by atoms with van der Waals surface area (Å²) in [5.41, 5.74) is 2.18. The molecule has 6 nitrogen and oxygen atoms in total. The van der Waals surface area contributed by atoms with E-state index in [9.17, 15) is 14.4 Å². The molecule has 0 radical (unpaired) electrons. The van der Waals surface area contributed by atoms with Crippen LogP contribution in [0.2, 0.25) is 0 Å². The number of imide groups is 1. The second kappa shape index (κ2) is 7.35. The molecule has 1 saturated heterocycles. The fourth-order valence-electron chi connectivity index (χ4n) is 3.92. The Morgan fingerprint density at radius 2 is 1.93 bits per heavy atom. The molecule has 2 heterocycles. The molecule has 0 aromatic heterocycles. The van der Waals surface area contributed by atoms with Crippen LogP contribution in [0, 0.1) is 0 Å². The Labute approximate surface area is 169 Å². The fourth-order valence-corrected chi connectivity index (χ4v) is 3.92. The number of aryl methyl sites for hydroxylation is 1. The van der Waals surface area contributed by atoms with Gasteiger partial charge in [-0.05, 0) is 48.2 Å². The number of Topliss-reactive ketones (excluding diaryl/α,β-unsaturated/α-hetero) is 1. The fraction of sp³-hybridized carbons (Fsp3) is 0.348. The number of hydrogen-bond donors (Lipinski definition) is 1. The van der Waals surface area contributed by atoms with Crippen LogP contribution in [0.15, 0.2) is 42.5 Å². The van der Waals surface area contributed by atoms with Crippen molar-refractivity contribution in [1.82, 2.24) is 10.2 Å². The van der Waals surface area contributed by atoms with Gasteiger partial charge in [0.25, 0.3) is 5.91 Å². The summed E-state index contributed by atoms with van der Waals surface area (Å²) < 4.78 is 5.46. The molecule has 2 aromatic rings. The van der Waals surface area contributed by atoms with E-state index < -0.39 is 17.5 Å². The number of nitrogens with zero attached hydrogens (tertiary/aromatic N) is 1. The molecule has 29 heavy (non-hydrogen) atoms. The normalized spacial score (nSPS) is 20.4. The Hall–Kier alpha value is -3.15. The quantitative estimate of drug-likeness (QED) is 0.605. The zero-order valence-corrected chi connectivity index (χ0v) is 16.7. The zero-order valence-electron chi connectivity index (χ0n) is 16.7. The lowest BCUT2D eigenvalue weighted by Gasteiger charge is -2.22. The molecule has 6 heteroatoms. The van der Waals surface area contributed by atoms with E-state index in [2.05, 4.69) is 12.2 Å². The van der Waals surface area contributed by atoms with Gasteiger partial charge in [-0.1, -0.05) is 37.6 Å². The average molecular weight is 392 g/mol. The van der Waals surface area contributed by atoms with Crippen molar-refractivity contribution in [3.05, 3.63) is 64.7 Å². The topological polar surface area (TPSA) is 75.7 Å². The Morgan fingerprint density at radius 1 is 1.17 bits per heavy atom. The van der Waals surface area contributed by atoms with Gasteiger partial charge in [-0.15, -0.1) is 0 Å². The van der Waals surface area contributed by atoms with Crippen molar-refractivity contribution in [1.29, 1.82) is 0 Å². The Balaban J connectivity index is 1.52. The second-order valence-corrected chi connectivity index (χ2v) is 7.74. The first-order chi connectivity index (χ1) is 13.9. The van der Waals surface area contributed by atoms with Crippen LogP contribution in [-0.4, -0.2) is 35.8 Å². The van der Waals surface area contributed by atoms with Crippen molar-refractivity contribution in [3.63, 3.8) is 0 Å². The molecule has 2 aliphatic rings. The highest BCUT2D eigenvalue weighted by Crippen LogP contribution is 2.30. The molecule has 0 bridgehead atoms. The van der Waals surface area contributed by atoms with Gasteiger partial charge in [0.2, 0.25) is 0 Å². The van der Waals surface area contributed by atoms with Crippen LogP contribution in [0.25, 0.3) is 0 Å². The van der Waals surface area contributed by atoms with Crippen molar-refractivity contribution in [2.75, 3.05) is 13.2 Å². The number of nitrogens with one attached hydrogen (secondary N) is 1. The second-order valence-electron chi connectivity index (χ2n) is 7.74. The highest BCUT2D eigenvalue weighted by Gasteiger charge is 2.49. The van der Waals surface area contributed by atoms with Crippen molar-refractivity contribution in [3.8, 4) is 5.75 Å². The van der Waals surface area contributed by atoms with E-state index in [4.69, 9.17) is 4.74 Å². The minimum atomic E-state index is -1.17. The smallest absolute Gasteiger partial charge is 0.325 e. The van der Waals surface area contributed by atoms with Gasteiger partial charge in [0, 0.05) is 12.0 Å². The maximum absolute atomic E-state index is 13.1. The predicted molar refractivity (Wildman–Crippen MR) is 108 cm³/mol. The molecule has 1 unspecified atom stereocenters. The average Bonchev–Trinajstić information content (AvgIpc) is 3.27. The number of carbonyl (C=O) groups excluding carboxylic acids is 3. The summed E-state index contributed by atoms with van der Waals surface area (Å²) in [4.78, 5) is 39.3. The van der Waals surface area contributed by atoms with Gasteiger partial charge in [0.1, 0.15) is 11.3 Å². The standard InChI is InChI=1S/C23H24N2O4/c1-3-4-15-5-8-18(9-6-15)23(2)21(27)25(22(28)24-23)14-19(26)16-7-10-20-17(13-16)11-12-29-20/h5-10,13H,3-4,11-12,14H2,1-2H3,(H,24,28). The highest BCUT2D eigenvalue weighted by atomic mass is 16.5. The molecular weight excluding hydrogens is 368 g/mol. The molecule has 0 saturated carbocycles. The number of rotatable bonds is 6. The number of ether oxygens (including phenoxy) is 1. The van der Waals surface area contributed by atoms with Crippen molar-refractivity contribution >= 4 is 17.7 Å². The lowest BCUT2D eigenvalue weighted by Crippen LogP contribution is -2.41. The van der Waals surface area contributed by atoms with E-state index in [0.717, 1.165) is 35.5 Å². The predicted octanol–water partition coefficient (Wildman–Crippen LogP) is 3.22. The van der Waals surface area contributed by atoms with Gasteiger partial charge in [-0.25, -0.2) is 4.79 Å². The Morgan fingerprint density at radius 3 is 2.66 bits per heavy atom. The van der Waals surface area contributed by atoms with Crippen LogP contribution in [-0.2, 0) is 23.2 Å². The minimum absolute atomic E-state index is 0.272. The molecule has 3 amide bonds. The summed E-state index contributed by atoms with van der Waals surface area (Å²) in [6.45, 7) is 4.11. The van der Waals surface area contributed by atoms with E-state index in [1.807, 2.05) is 24.3 Å². The van der Waals surface area contributed by atoms with E-state index in [1.54, 1.807) is 25.1 Å². The van der Waals surface area contributed by atoms with Gasteiger partial charge >= 0.3 is 6.03 Å². The van der Waals surface area contributed by atoms with E-state index in [0.29, 0.717) is 17.7 Å². The number of hydrogen-bond acceptors (Lipinski definition) is 4. The summed E-state index contributed by atoms with van der Waals surface area (Å²) in [6.07, 6.45) is 2.76. The molecular formula is C23H24N2O4. The molecule has 0 spiro atoms. The van der Waals surface area contributed by atoms with Crippen LogP contribution >= 0.6 is 0 Å². The van der Waals surface area contributed by atoms with E-state index in [1.165, 1.54) is 5.56 Å². The number of urea groups is 1. The summed E-state index contributed by atoms with van der Waals surface area (Å²) in [7, 11) is 0. The number of amides is 3. The molecule has 1 fully saturated rings. The summed E-state index contributed by atoms with van der Waals surface area (Å²) in [6, 6.07) is 12.4. The van der Waals surface area contributed by atoms with E-state index in [-0.39, 0.29) is 12.3 Å². The Kier molecular flexibility index (Phi) is 4.86. The molecule has 2 aromatic carbocycles. The first-order valence-corrected chi connectivity index (χ1v) is 9.95. The maximum Gasteiger partial charge on any atom is 0.325 e. The van der Waals surface area contributed by atoms with Crippen LogP contribution in [0.5, 0.6) is 5.75 Å². The lowest BCUT2D eigenvalue weighted by molar-refractivity contribution is -0.130. The van der Waals surface area contributed by atoms with Gasteiger partial charge in [0.15, 0.2) is 5.78 Å². The number of carbonyl (C=O) groups is 3. The largest absolute Gasteiger partial charge is 0.493 e. The van der Waals surface area contributed by atoms with Gasteiger partial charge in [0.05, 0.1) is 13.2 Å².